The van der Waals surface area contributed by atoms with E-state index in [9.17, 15) is 22.0 Å². The van der Waals surface area contributed by atoms with Crippen LogP contribution in [0.1, 0.15) is 17.3 Å². The van der Waals surface area contributed by atoms with Crippen LogP contribution >= 0.6 is 0 Å². The Balaban J connectivity index is 2.41. The van der Waals surface area contributed by atoms with Gasteiger partial charge in [0.05, 0.1) is 7.11 Å². The van der Waals surface area contributed by atoms with E-state index in [4.69, 9.17) is 4.74 Å². The summed E-state index contributed by atoms with van der Waals surface area (Å²) in [6, 6.07) is 6.80. The molecule has 0 atom stereocenters. The molecule has 25 heavy (non-hydrogen) atoms. The lowest BCUT2D eigenvalue weighted by atomic mass is 10.2. The maximum Gasteiger partial charge on any atom is 0.255 e. The van der Waals surface area contributed by atoms with E-state index in [1.54, 1.807) is 6.92 Å². The van der Waals surface area contributed by atoms with Gasteiger partial charge in [-0.1, -0.05) is 13.0 Å². The number of sulfonamides is 1. The quantitative estimate of drug-likeness (QED) is 0.818. The number of rotatable bonds is 6. The summed E-state index contributed by atoms with van der Waals surface area (Å²) in [5.74, 6) is -2.71. The molecule has 9 heteroatoms. The van der Waals surface area contributed by atoms with E-state index in [1.165, 1.54) is 19.2 Å². The fourth-order valence-electron chi connectivity index (χ4n) is 2.10. The molecule has 2 aromatic carbocycles. The fraction of sp³-hybridized carbons (Fsp3) is 0.188. The smallest absolute Gasteiger partial charge is 0.255 e. The van der Waals surface area contributed by atoms with Crippen molar-refractivity contribution in [3.63, 3.8) is 0 Å². The van der Waals surface area contributed by atoms with Gasteiger partial charge in [-0.25, -0.2) is 21.9 Å². The van der Waals surface area contributed by atoms with Gasteiger partial charge < -0.3 is 10.1 Å². The van der Waals surface area contributed by atoms with Crippen molar-refractivity contribution in [1.82, 2.24) is 4.72 Å². The van der Waals surface area contributed by atoms with Gasteiger partial charge in [-0.2, -0.15) is 0 Å². The average Bonchev–Trinajstić information content (AvgIpc) is 2.57. The number of hydrogen-bond donors (Lipinski definition) is 2. The zero-order valence-corrected chi connectivity index (χ0v) is 14.3. The van der Waals surface area contributed by atoms with Crippen LogP contribution in [0.15, 0.2) is 41.3 Å². The number of carbonyl (C=O) groups is 1. The summed E-state index contributed by atoms with van der Waals surface area (Å²) in [4.78, 5) is 12.0. The number of benzene rings is 2. The van der Waals surface area contributed by atoms with Crippen LogP contribution in [-0.4, -0.2) is 28.0 Å². The van der Waals surface area contributed by atoms with E-state index in [0.717, 1.165) is 24.3 Å². The second-order valence-corrected chi connectivity index (χ2v) is 6.65. The Morgan fingerprint density at radius 1 is 1.16 bits per heavy atom. The van der Waals surface area contributed by atoms with Gasteiger partial charge in [0.2, 0.25) is 10.0 Å². The molecule has 2 aromatic rings. The lowest BCUT2D eigenvalue weighted by Gasteiger charge is -2.12. The lowest BCUT2D eigenvalue weighted by molar-refractivity contribution is 0.102. The summed E-state index contributed by atoms with van der Waals surface area (Å²) in [6.07, 6.45) is 0. The van der Waals surface area contributed by atoms with Crippen molar-refractivity contribution in [2.75, 3.05) is 19.0 Å². The minimum atomic E-state index is -3.90. The number of ether oxygens (including phenoxy) is 1. The molecule has 134 valence electrons. The molecule has 0 unspecified atom stereocenters. The highest BCUT2D eigenvalue weighted by atomic mass is 32.2. The van der Waals surface area contributed by atoms with Crippen molar-refractivity contribution in [2.45, 2.75) is 11.8 Å². The van der Waals surface area contributed by atoms with Crippen molar-refractivity contribution in [2.24, 2.45) is 0 Å². The average molecular weight is 370 g/mol. The normalized spacial score (nSPS) is 11.2. The standard InChI is InChI=1S/C16H16F2N2O4S/c1-3-19-25(22,23)14-9-10(7-8-13(14)24-2)16(21)20-15-11(17)5-4-6-12(15)18/h4-9,19H,3H2,1-2H3,(H,20,21). The van der Waals surface area contributed by atoms with Crippen LogP contribution in [0.2, 0.25) is 0 Å². The van der Waals surface area contributed by atoms with Gasteiger partial charge >= 0.3 is 0 Å². The fourth-order valence-corrected chi connectivity index (χ4v) is 3.33. The van der Waals surface area contributed by atoms with E-state index in [1.807, 2.05) is 0 Å². The first-order valence-corrected chi connectivity index (χ1v) is 8.71. The number of amides is 1. The largest absolute Gasteiger partial charge is 0.495 e. The SMILES string of the molecule is CCNS(=O)(=O)c1cc(C(=O)Nc2c(F)cccc2F)ccc1OC. The van der Waals surface area contributed by atoms with Crippen LogP contribution in [0.5, 0.6) is 5.75 Å². The summed E-state index contributed by atoms with van der Waals surface area (Å²) in [5, 5.41) is 2.10. The van der Waals surface area contributed by atoms with Gasteiger partial charge in [-0.3, -0.25) is 4.79 Å². The van der Waals surface area contributed by atoms with E-state index in [0.29, 0.717) is 0 Å². The van der Waals surface area contributed by atoms with Crippen molar-refractivity contribution in [1.29, 1.82) is 0 Å². The molecular weight excluding hydrogens is 354 g/mol. The zero-order valence-electron chi connectivity index (χ0n) is 13.5. The monoisotopic (exact) mass is 370 g/mol. The highest BCUT2D eigenvalue weighted by Gasteiger charge is 2.21. The third-order valence-corrected chi connectivity index (χ3v) is 4.82. The third kappa shape index (κ3) is 4.12. The second kappa shape index (κ2) is 7.58. The van der Waals surface area contributed by atoms with Gasteiger partial charge in [0.15, 0.2) is 0 Å². The first-order valence-electron chi connectivity index (χ1n) is 7.23. The van der Waals surface area contributed by atoms with Gasteiger partial charge in [0.25, 0.3) is 5.91 Å². The first-order chi connectivity index (χ1) is 11.8. The van der Waals surface area contributed by atoms with Crippen LogP contribution < -0.4 is 14.8 Å². The molecule has 0 aliphatic carbocycles. The molecule has 0 radical (unpaired) electrons. The Morgan fingerprint density at radius 3 is 2.36 bits per heavy atom. The van der Waals surface area contributed by atoms with Gasteiger partial charge in [0.1, 0.15) is 28.0 Å². The number of carbonyl (C=O) groups excluding carboxylic acids is 1. The number of nitrogens with one attached hydrogen (secondary N) is 2. The zero-order chi connectivity index (χ0) is 18.6. The van der Waals surface area contributed by atoms with Crippen LogP contribution in [0.4, 0.5) is 14.5 Å². The van der Waals surface area contributed by atoms with E-state index in [2.05, 4.69) is 10.0 Å². The van der Waals surface area contributed by atoms with Crippen molar-refractivity contribution >= 4 is 21.6 Å². The lowest BCUT2D eigenvalue weighted by Crippen LogP contribution is -2.24. The Labute approximate surface area is 143 Å². The molecule has 0 aromatic heterocycles. The van der Waals surface area contributed by atoms with E-state index in [-0.39, 0.29) is 22.8 Å². The Kier molecular flexibility index (Phi) is 5.70. The number of para-hydroxylation sites is 1. The molecule has 0 heterocycles. The molecule has 0 fully saturated rings. The summed E-state index contributed by atoms with van der Waals surface area (Å²) < 4.78 is 59.0. The molecule has 0 aliphatic heterocycles. The Hall–Kier alpha value is -2.52. The van der Waals surface area contributed by atoms with Crippen LogP contribution in [0, 0.1) is 11.6 Å². The van der Waals surface area contributed by atoms with Crippen molar-refractivity contribution in [3.05, 3.63) is 53.6 Å². The topological polar surface area (TPSA) is 84.5 Å². The summed E-state index contributed by atoms with van der Waals surface area (Å²) in [5.41, 5.74) is -0.709. The molecule has 0 saturated heterocycles. The molecule has 0 aliphatic rings. The highest BCUT2D eigenvalue weighted by Crippen LogP contribution is 2.26. The predicted molar refractivity (Wildman–Crippen MR) is 88.2 cm³/mol. The summed E-state index contributed by atoms with van der Waals surface area (Å²) in [7, 11) is -2.61. The van der Waals surface area contributed by atoms with E-state index >= 15 is 0 Å². The van der Waals surface area contributed by atoms with Crippen molar-refractivity contribution in [3.8, 4) is 5.75 Å². The molecule has 1 amide bonds. The van der Waals surface area contributed by atoms with Crippen molar-refractivity contribution < 1.29 is 26.7 Å². The van der Waals surface area contributed by atoms with Gasteiger partial charge in [-0.15, -0.1) is 0 Å². The minimum absolute atomic E-state index is 0.0366. The Morgan fingerprint density at radius 2 is 1.80 bits per heavy atom. The maximum absolute atomic E-state index is 13.6. The summed E-state index contributed by atoms with van der Waals surface area (Å²) in [6.45, 7) is 1.74. The third-order valence-electron chi connectivity index (χ3n) is 3.25. The number of hydrogen-bond acceptors (Lipinski definition) is 4. The number of methoxy groups -OCH3 is 1. The van der Waals surface area contributed by atoms with E-state index < -0.39 is 33.3 Å². The Bertz CT molecular complexity index is 881. The molecule has 2 rings (SSSR count). The van der Waals surface area contributed by atoms with Crippen LogP contribution in [0.25, 0.3) is 0 Å². The molecule has 0 spiro atoms. The van der Waals surface area contributed by atoms with Crippen LogP contribution in [0.3, 0.4) is 0 Å². The van der Waals surface area contributed by atoms with Crippen LogP contribution in [-0.2, 0) is 10.0 Å². The molecule has 0 saturated carbocycles. The molecular formula is C16H16F2N2O4S. The minimum Gasteiger partial charge on any atom is -0.495 e. The predicted octanol–water partition coefficient (Wildman–Crippen LogP) is 2.52. The maximum atomic E-state index is 13.6. The molecule has 6 nitrogen and oxygen atoms in total. The molecule has 0 bridgehead atoms. The summed E-state index contributed by atoms with van der Waals surface area (Å²) >= 11 is 0. The second-order valence-electron chi connectivity index (χ2n) is 4.92. The van der Waals surface area contributed by atoms with Gasteiger partial charge in [0, 0.05) is 12.1 Å². The number of anilines is 1. The highest BCUT2D eigenvalue weighted by molar-refractivity contribution is 7.89. The molecule has 2 N–H and O–H groups in total. The first kappa shape index (κ1) is 18.8. The van der Waals surface area contributed by atoms with Gasteiger partial charge in [-0.05, 0) is 30.3 Å². The number of halogens is 2.